The molecule has 4 N–H and O–H groups in total. The maximum atomic E-state index is 6.66. The van der Waals surface area contributed by atoms with Crippen molar-refractivity contribution >= 4 is 0 Å². The SMILES string of the molecule is CCCCCCCC/C=C\CCCCCCCCC(N)(CC)N(NC)N(C)NC. The maximum Gasteiger partial charge on any atom is 0.0989 e. The molecule has 0 spiro atoms. The number of hydrogen-bond donors (Lipinski definition) is 3. The zero-order chi connectivity index (χ0) is 21.8. The molecule has 0 amide bonds. The zero-order valence-electron chi connectivity index (χ0n) is 20.4. The molecule has 0 radical (unpaired) electrons. The van der Waals surface area contributed by atoms with Gasteiger partial charge in [-0.25, -0.2) is 10.9 Å². The molecule has 0 aliphatic heterocycles. The third-order valence-electron chi connectivity index (χ3n) is 5.99. The lowest BCUT2D eigenvalue weighted by Gasteiger charge is -2.44. The molecule has 1 unspecified atom stereocenters. The summed E-state index contributed by atoms with van der Waals surface area (Å²) in [5.74, 6) is 0. The van der Waals surface area contributed by atoms with Crippen molar-refractivity contribution in [1.82, 2.24) is 21.1 Å². The van der Waals surface area contributed by atoms with Crippen LogP contribution < -0.4 is 16.6 Å². The van der Waals surface area contributed by atoms with Crippen LogP contribution in [0.25, 0.3) is 0 Å². The lowest BCUT2D eigenvalue weighted by molar-refractivity contribution is -0.159. The van der Waals surface area contributed by atoms with Gasteiger partial charge in [0.25, 0.3) is 0 Å². The number of unbranched alkanes of at least 4 members (excludes halogenated alkanes) is 12. The predicted molar refractivity (Wildman–Crippen MR) is 129 cm³/mol. The molecule has 1 atom stereocenters. The van der Waals surface area contributed by atoms with Gasteiger partial charge in [0, 0.05) is 21.1 Å². The second-order valence-corrected chi connectivity index (χ2v) is 8.43. The van der Waals surface area contributed by atoms with Crippen LogP contribution in [-0.4, -0.2) is 37.0 Å². The lowest BCUT2D eigenvalue weighted by Crippen LogP contribution is -2.67. The van der Waals surface area contributed by atoms with Gasteiger partial charge in [-0.1, -0.05) is 90.2 Å². The van der Waals surface area contributed by atoms with Gasteiger partial charge in [-0.15, -0.1) is 5.12 Å². The number of nitrogens with two attached hydrogens (primary N) is 1. The average Bonchev–Trinajstić information content (AvgIpc) is 2.73. The van der Waals surface area contributed by atoms with E-state index >= 15 is 0 Å². The molecule has 174 valence electrons. The van der Waals surface area contributed by atoms with Crippen LogP contribution in [0.5, 0.6) is 0 Å². The van der Waals surface area contributed by atoms with Gasteiger partial charge < -0.3 is 5.73 Å². The summed E-state index contributed by atoms with van der Waals surface area (Å²) < 4.78 is 0. The highest BCUT2D eigenvalue weighted by molar-refractivity contribution is 4.81. The average molecular weight is 412 g/mol. The Morgan fingerprint density at radius 3 is 1.66 bits per heavy atom. The second-order valence-electron chi connectivity index (χ2n) is 8.43. The first-order valence-electron chi connectivity index (χ1n) is 12.4. The molecule has 5 nitrogen and oxygen atoms in total. The third kappa shape index (κ3) is 14.2. The van der Waals surface area contributed by atoms with E-state index in [1.165, 1.54) is 89.9 Å². The Kier molecular flexibility index (Phi) is 19.2. The number of nitrogens with one attached hydrogen (secondary N) is 2. The molecule has 0 aliphatic carbocycles. The van der Waals surface area contributed by atoms with Gasteiger partial charge in [0.2, 0.25) is 0 Å². The molecule has 29 heavy (non-hydrogen) atoms. The van der Waals surface area contributed by atoms with E-state index in [0.717, 1.165) is 12.8 Å². The van der Waals surface area contributed by atoms with Gasteiger partial charge in [-0.05, 0) is 38.5 Å². The molecule has 0 aliphatic rings. The van der Waals surface area contributed by atoms with Crippen LogP contribution in [0.4, 0.5) is 0 Å². The fourth-order valence-corrected chi connectivity index (χ4v) is 3.88. The second kappa shape index (κ2) is 19.5. The van der Waals surface area contributed by atoms with Crippen molar-refractivity contribution < 1.29 is 0 Å². The van der Waals surface area contributed by atoms with Gasteiger partial charge in [0.1, 0.15) is 0 Å². The third-order valence-corrected chi connectivity index (χ3v) is 5.99. The molecule has 0 aromatic heterocycles. The number of hydrazine groups is 3. The molecule has 0 fully saturated rings. The van der Waals surface area contributed by atoms with Crippen molar-refractivity contribution in [3.63, 3.8) is 0 Å². The van der Waals surface area contributed by atoms with Gasteiger partial charge >= 0.3 is 0 Å². The summed E-state index contributed by atoms with van der Waals surface area (Å²) in [6.07, 6.45) is 25.4. The molecule has 0 aromatic carbocycles. The van der Waals surface area contributed by atoms with Crippen molar-refractivity contribution in [3.8, 4) is 0 Å². The smallest absolute Gasteiger partial charge is 0.0989 e. The minimum absolute atomic E-state index is 0.354. The van der Waals surface area contributed by atoms with Crippen molar-refractivity contribution in [1.29, 1.82) is 0 Å². The maximum absolute atomic E-state index is 6.66. The van der Waals surface area contributed by atoms with E-state index in [-0.39, 0.29) is 5.66 Å². The van der Waals surface area contributed by atoms with E-state index in [9.17, 15) is 0 Å². The number of allylic oxidation sites excluding steroid dienone is 2. The Bertz CT molecular complexity index is 374. The number of hydrogen-bond acceptors (Lipinski definition) is 5. The molecule has 0 saturated heterocycles. The molecular formula is C24H53N5. The topological polar surface area (TPSA) is 56.6 Å². The lowest BCUT2D eigenvalue weighted by atomic mass is 9.98. The minimum Gasteiger partial charge on any atom is -0.311 e. The number of rotatable bonds is 21. The molecule has 0 aromatic rings. The van der Waals surface area contributed by atoms with E-state index in [1.807, 2.05) is 31.4 Å². The molecular weight excluding hydrogens is 358 g/mol. The number of nitrogens with zero attached hydrogens (tertiary/aromatic N) is 2. The Labute approximate surface area is 182 Å². The van der Waals surface area contributed by atoms with Crippen LogP contribution in [-0.2, 0) is 0 Å². The van der Waals surface area contributed by atoms with E-state index in [4.69, 9.17) is 5.73 Å². The minimum atomic E-state index is -0.354. The molecule has 5 heteroatoms. The molecule has 0 heterocycles. The first-order valence-corrected chi connectivity index (χ1v) is 12.4. The summed E-state index contributed by atoms with van der Waals surface area (Å²) in [5, 5.41) is 3.92. The van der Waals surface area contributed by atoms with Crippen molar-refractivity contribution in [2.45, 2.75) is 122 Å². The van der Waals surface area contributed by atoms with E-state index in [2.05, 4.69) is 36.9 Å². The Morgan fingerprint density at radius 2 is 1.21 bits per heavy atom. The Hall–Kier alpha value is -0.460. The summed E-state index contributed by atoms with van der Waals surface area (Å²) in [6.45, 7) is 4.44. The standard InChI is InChI=1S/C24H53N5/c1-6-8-9-10-11-12-13-14-15-16-17-18-19-20-21-22-23-24(25,7-2)29(27-4)28(5)26-3/h14-15,26-27H,6-13,16-23,25H2,1-5H3/b15-14-. The zero-order valence-corrected chi connectivity index (χ0v) is 20.4. The predicted octanol–water partition coefficient (Wildman–Crippen LogP) is 5.90. The van der Waals surface area contributed by atoms with Crippen LogP contribution in [0.1, 0.15) is 117 Å². The fraction of sp³-hybridized carbons (Fsp3) is 0.917. The molecule has 0 saturated carbocycles. The highest BCUT2D eigenvalue weighted by Crippen LogP contribution is 2.21. The van der Waals surface area contributed by atoms with Crippen molar-refractivity contribution in [3.05, 3.63) is 12.2 Å². The summed E-state index contributed by atoms with van der Waals surface area (Å²) >= 11 is 0. The van der Waals surface area contributed by atoms with Crippen LogP contribution in [0.2, 0.25) is 0 Å². The van der Waals surface area contributed by atoms with Crippen LogP contribution in [0.3, 0.4) is 0 Å². The monoisotopic (exact) mass is 411 g/mol. The Morgan fingerprint density at radius 1 is 0.724 bits per heavy atom. The molecule has 0 bridgehead atoms. The first-order chi connectivity index (χ1) is 14.1. The normalized spacial score (nSPS) is 14.3. The summed E-state index contributed by atoms with van der Waals surface area (Å²) in [5.41, 5.74) is 12.6. The fourth-order valence-electron chi connectivity index (χ4n) is 3.88. The van der Waals surface area contributed by atoms with Crippen LogP contribution in [0.15, 0.2) is 12.2 Å². The van der Waals surface area contributed by atoms with E-state index in [1.54, 1.807) is 0 Å². The highest BCUT2D eigenvalue weighted by atomic mass is 15.9. The van der Waals surface area contributed by atoms with Gasteiger partial charge in [-0.3, -0.25) is 0 Å². The largest absolute Gasteiger partial charge is 0.311 e. The van der Waals surface area contributed by atoms with E-state index < -0.39 is 0 Å². The first kappa shape index (κ1) is 28.5. The summed E-state index contributed by atoms with van der Waals surface area (Å²) in [7, 11) is 5.81. The van der Waals surface area contributed by atoms with Gasteiger partial charge in [0.15, 0.2) is 0 Å². The quantitative estimate of drug-likeness (QED) is 0.0950. The highest BCUT2D eigenvalue weighted by Gasteiger charge is 2.32. The summed E-state index contributed by atoms with van der Waals surface area (Å²) in [4.78, 5) is 0. The van der Waals surface area contributed by atoms with Gasteiger partial charge in [0.05, 0.1) is 5.66 Å². The Balaban J connectivity index is 3.65. The summed E-state index contributed by atoms with van der Waals surface area (Å²) in [6, 6.07) is 0. The molecule has 0 rings (SSSR count). The van der Waals surface area contributed by atoms with Crippen molar-refractivity contribution in [2.24, 2.45) is 5.73 Å². The van der Waals surface area contributed by atoms with Crippen LogP contribution in [0, 0.1) is 0 Å². The van der Waals surface area contributed by atoms with E-state index in [0.29, 0.717) is 0 Å². The van der Waals surface area contributed by atoms with Gasteiger partial charge in [-0.2, -0.15) is 5.12 Å². The van der Waals surface area contributed by atoms with Crippen molar-refractivity contribution in [2.75, 3.05) is 21.1 Å². The van der Waals surface area contributed by atoms with Crippen LogP contribution >= 0.6 is 0 Å².